The van der Waals surface area contributed by atoms with E-state index >= 15 is 0 Å². The first-order valence-corrected chi connectivity index (χ1v) is 20.0. The number of benzene rings is 8. The van der Waals surface area contributed by atoms with Gasteiger partial charge < -0.3 is 4.42 Å². The average molecular weight is 792 g/mol. The molecule has 0 fully saturated rings. The molecule has 26 heteroatoms. The highest BCUT2D eigenvalue weighted by atomic mass is 16.3. The van der Waals surface area contributed by atoms with E-state index in [0.717, 1.165) is 0 Å². The van der Waals surface area contributed by atoms with Crippen LogP contribution in [0.2, 0.25) is 0 Å². The van der Waals surface area contributed by atoms with Crippen LogP contribution >= 0.6 is 0 Å². The van der Waals surface area contributed by atoms with E-state index in [4.69, 9.17) is 201 Å². The van der Waals surface area contributed by atoms with E-state index < -0.39 is 0 Å². The molecule has 250 valence electrons. The molecule has 0 saturated carbocycles. The highest BCUT2D eigenvalue weighted by Crippen LogP contribution is 2.39. The fourth-order valence-electron chi connectivity index (χ4n) is 9.56. The monoisotopic (exact) mass is 796 g/mol. The molecule has 9 aromatic rings. The lowest BCUT2D eigenvalue weighted by Crippen LogP contribution is -2.55. The number of hydrogen-bond donors (Lipinski definition) is 0. The van der Waals surface area contributed by atoms with Crippen molar-refractivity contribution in [3.8, 4) is 33.4 Å². The summed E-state index contributed by atoms with van der Waals surface area (Å²) < 4.78 is 6.25. The van der Waals surface area contributed by atoms with Crippen LogP contribution in [0.4, 0.5) is 0 Å². The molecule has 8 aromatic carbocycles. The second kappa shape index (κ2) is 16.5. The van der Waals surface area contributed by atoms with E-state index in [2.05, 4.69) is 0 Å². The van der Waals surface area contributed by atoms with Crippen molar-refractivity contribution in [3.63, 3.8) is 0 Å². The first kappa shape index (κ1) is 49.0. The van der Waals surface area contributed by atoms with Crippen molar-refractivity contribution in [2.45, 2.75) is 0 Å². The average Bonchev–Trinajstić information content (AvgIpc) is 3.70. The van der Waals surface area contributed by atoms with Crippen LogP contribution in [0, 0.1) is 0 Å². The zero-order valence-corrected chi connectivity index (χ0v) is 35.9. The topological polar surface area (TPSA) is 13.1 Å². The van der Waals surface area contributed by atoms with Gasteiger partial charge in [0.2, 0.25) is 0 Å². The van der Waals surface area contributed by atoms with Crippen LogP contribution in [0.15, 0.2) is 10.5 Å². The Hall–Kier alpha value is -4.04. The molecule has 9 rings (SSSR count). The highest BCUT2D eigenvalue weighted by Gasteiger charge is 2.30. The Kier molecular flexibility index (Phi) is 11.9. The van der Waals surface area contributed by atoms with Gasteiger partial charge in [0.1, 0.15) is 207 Å². The molecule has 0 atom stereocenters. The van der Waals surface area contributed by atoms with Crippen molar-refractivity contribution < 1.29 is 4.42 Å². The molecule has 0 spiro atoms. The summed E-state index contributed by atoms with van der Waals surface area (Å²) in [5.41, 5.74) is -2.83. The molecule has 0 saturated heterocycles. The number of hydrogen-bond acceptors (Lipinski definition) is 1. The van der Waals surface area contributed by atoms with Crippen molar-refractivity contribution in [1.82, 2.24) is 0 Å². The van der Waals surface area contributed by atoms with Crippen LogP contribution in [-0.2, 0) is 0 Å². The van der Waals surface area contributed by atoms with Crippen molar-refractivity contribution in [1.29, 1.82) is 0 Å². The lowest BCUT2D eigenvalue weighted by Gasteiger charge is -2.33. The predicted molar refractivity (Wildman–Crippen MR) is 317 cm³/mol. The second-order valence-corrected chi connectivity index (χ2v) is 16.6. The number of furan rings is 1. The van der Waals surface area contributed by atoms with Gasteiger partial charge in [0, 0.05) is 10.8 Å². The summed E-state index contributed by atoms with van der Waals surface area (Å²) in [6, 6.07) is 1.47. The van der Waals surface area contributed by atoms with Gasteiger partial charge in [-0.15, -0.1) is 54.6 Å². The maximum absolute atomic E-state index is 7.17. The molecule has 68 heavy (non-hydrogen) atoms. The third-order valence-electron chi connectivity index (χ3n) is 13.2. The summed E-state index contributed by atoms with van der Waals surface area (Å²) in [6.45, 7) is 0. The Labute approximate surface area is 428 Å². The zero-order valence-electron chi connectivity index (χ0n) is 35.9. The summed E-state index contributed by atoms with van der Waals surface area (Å²) in [7, 11) is 168. The molecular weight excluding hydrogens is 791 g/mol. The normalized spacial score (nSPS) is 11.8. The molecule has 0 amide bonds. The van der Waals surface area contributed by atoms with Gasteiger partial charge >= 0.3 is 0 Å². The van der Waals surface area contributed by atoms with E-state index in [0.29, 0.717) is 5.39 Å². The Morgan fingerprint density at radius 2 is 0.456 bits per heavy atom. The maximum Gasteiger partial charge on any atom is 0.134 e. The molecule has 0 aliphatic heterocycles. The molecule has 0 unspecified atom stereocenters. The summed E-state index contributed by atoms with van der Waals surface area (Å²) in [4.78, 5) is 0. The Morgan fingerprint density at radius 1 is 0.191 bits per heavy atom. The van der Waals surface area contributed by atoms with Gasteiger partial charge in [-0.25, -0.2) is 0 Å². The van der Waals surface area contributed by atoms with Gasteiger partial charge in [-0.3, -0.25) is 0 Å². The predicted octanol–water partition coefficient (Wildman–Crippen LogP) is -18.1. The van der Waals surface area contributed by atoms with Crippen LogP contribution in [-0.4, -0.2) is 196 Å². The third-order valence-corrected chi connectivity index (χ3v) is 13.2. The minimum absolute atomic E-state index is 0.00226. The quantitative estimate of drug-likeness (QED) is 0.128. The highest BCUT2D eigenvalue weighted by molar-refractivity contribution is 6.76. The van der Waals surface area contributed by atoms with Crippen LogP contribution in [0.3, 0.4) is 0 Å². The third kappa shape index (κ3) is 6.25. The summed E-state index contributed by atoms with van der Waals surface area (Å²) >= 11 is 0. The van der Waals surface area contributed by atoms with E-state index in [1.807, 2.05) is 0 Å². The second-order valence-electron chi connectivity index (χ2n) is 16.6. The minimum atomic E-state index is -0.248. The Bertz CT molecular complexity index is 3770. The van der Waals surface area contributed by atoms with Gasteiger partial charge in [0.15, 0.2) is 0 Å². The summed E-state index contributed by atoms with van der Waals surface area (Å²) in [5, 5.41) is 0.866. The van der Waals surface area contributed by atoms with E-state index in [9.17, 15) is 0 Å². The molecule has 0 aliphatic carbocycles. The van der Waals surface area contributed by atoms with Crippen molar-refractivity contribution in [2.24, 2.45) is 0 Å². The van der Waals surface area contributed by atoms with Gasteiger partial charge in [-0.1, -0.05) is 76.5 Å². The van der Waals surface area contributed by atoms with Crippen LogP contribution in [0.5, 0.6) is 0 Å². The number of fused-ring (bicyclic) bond motifs is 6. The molecule has 0 bridgehead atoms. The van der Waals surface area contributed by atoms with E-state index in [-0.39, 0.29) is 219 Å². The Morgan fingerprint density at radius 3 is 0.853 bits per heavy atom. The van der Waals surface area contributed by atoms with Crippen molar-refractivity contribution in [2.75, 3.05) is 0 Å². The smallest absolute Gasteiger partial charge is 0.134 e. The summed E-state index contributed by atoms with van der Waals surface area (Å²) in [5.74, 6) is 0. The molecular formula is C42HB25O. The molecule has 1 nitrogen and oxygen atoms in total. The minimum Gasteiger partial charge on any atom is -0.457 e. The summed E-state index contributed by atoms with van der Waals surface area (Å²) in [6.07, 6.45) is 0. The van der Waals surface area contributed by atoms with E-state index in [1.54, 1.807) is 0 Å². The van der Waals surface area contributed by atoms with Gasteiger partial charge in [-0.2, -0.15) is 0 Å². The zero-order chi connectivity index (χ0) is 50.1. The maximum atomic E-state index is 7.17. The lowest BCUT2D eigenvalue weighted by molar-refractivity contribution is 0.672. The largest absolute Gasteiger partial charge is 0.457 e. The van der Waals surface area contributed by atoms with Crippen molar-refractivity contribution >= 4 is 387 Å². The first-order valence-electron chi connectivity index (χ1n) is 20.0. The Balaban J connectivity index is 1.52. The first-order chi connectivity index (χ1) is 31.7. The van der Waals surface area contributed by atoms with Gasteiger partial charge in [0.25, 0.3) is 0 Å². The fraction of sp³-hybridized carbons (Fsp3) is 0. The van der Waals surface area contributed by atoms with Crippen LogP contribution < -0.4 is 137 Å². The van der Waals surface area contributed by atoms with Gasteiger partial charge in [0.05, 0.1) is 0 Å². The standard InChI is InChI=1S/C42HB25O/c43-2-1-3-4(20(46)18(2)44)17-19(45)15-12(33(59)42(17)68-3)11(25(51)34(60)32(15)58)16-28(54)26(52)13(27(53)29(16)55)5-7-9(23(49)37(63)35(61)21(7)47)6(10-8(5)22(48)36(62)38(64)24(10)50)14-30(56)39(65)41(67)40(66)31(14)57/h1H. The molecule has 1 aromatic heterocycles. The van der Waals surface area contributed by atoms with Gasteiger partial charge in [-0.05, 0) is 77.2 Å². The molecule has 0 N–H and O–H groups in total. The fourth-order valence-corrected chi connectivity index (χ4v) is 9.56. The lowest BCUT2D eigenvalue weighted by atomic mass is 9.55. The molecule has 50 radical (unpaired) electrons. The number of rotatable bonds is 3. The van der Waals surface area contributed by atoms with E-state index in [1.165, 1.54) is 6.07 Å². The van der Waals surface area contributed by atoms with Crippen LogP contribution in [0.1, 0.15) is 0 Å². The van der Waals surface area contributed by atoms with Crippen molar-refractivity contribution in [3.05, 3.63) is 6.07 Å². The molecule has 1 heterocycles. The van der Waals surface area contributed by atoms with Crippen LogP contribution in [0.25, 0.3) is 87.6 Å². The molecule has 0 aliphatic rings. The SMILES string of the molecule is [B]c1cc2oc3c([B])c4c(-c5c([B])c([B])c(-c6c7c([B])c([B])c([B])c([B])c7c(-c7c([B])c([B])c([B])c([B])c7[B])c7c([B])c([B])c([B])c([B])c67)c([B])c5[B])c([B])c([B])c([B])c4c([B])c3c2c([B])c1[B].